The van der Waals surface area contributed by atoms with Crippen LogP contribution in [0.15, 0.2) is 85.5 Å². The number of hydrogen-bond acceptors (Lipinski definition) is 3. The van der Waals surface area contributed by atoms with E-state index in [0.29, 0.717) is 32.4 Å². The van der Waals surface area contributed by atoms with Gasteiger partial charge in [-0.1, -0.05) is 76.7 Å². The summed E-state index contributed by atoms with van der Waals surface area (Å²) in [6.07, 6.45) is 5.15. The molecule has 0 saturated carbocycles. The Hall–Kier alpha value is -2.06. The molecule has 1 unspecified atom stereocenters. The highest BCUT2D eigenvalue weighted by molar-refractivity contribution is 6.35. The van der Waals surface area contributed by atoms with Crippen LogP contribution in [0.4, 0.5) is 0 Å². The van der Waals surface area contributed by atoms with Crippen molar-refractivity contribution in [1.29, 1.82) is 0 Å². The Labute approximate surface area is 246 Å². The van der Waals surface area contributed by atoms with Crippen LogP contribution in [-0.4, -0.2) is 17.0 Å². The van der Waals surface area contributed by atoms with Crippen LogP contribution in [-0.2, 0) is 29.2 Å². The van der Waals surface area contributed by atoms with E-state index in [1.54, 1.807) is 28.8 Å². The van der Waals surface area contributed by atoms with E-state index < -0.39 is 6.10 Å². The third-order valence-electron chi connectivity index (χ3n) is 5.39. The summed E-state index contributed by atoms with van der Waals surface area (Å²) in [6.45, 7) is 0.897. The van der Waals surface area contributed by atoms with Crippen LogP contribution >= 0.6 is 46.4 Å². The van der Waals surface area contributed by atoms with Crippen molar-refractivity contribution in [2.75, 3.05) is 6.61 Å². The molecule has 0 aliphatic rings. The lowest BCUT2D eigenvalue weighted by molar-refractivity contribution is -0.704. The molecule has 0 amide bonds. The Kier molecular flexibility index (Phi) is 11.3. The maximum Gasteiger partial charge on any atom is 0.244 e. The molecule has 0 spiro atoms. The van der Waals surface area contributed by atoms with Gasteiger partial charge in [-0.05, 0) is 42.0 Å². The second-order valence-electron chi connectivity index (χ2n) is 8.12. The molecule has 1 aromatic heterocycles. The zero-order valence-electron chi connectivity index (χ0n) is 19.5. The Morgan fingerprint density at radius 3 is 2.32 bits per heavy atom. The van der Waals surface area contributed by atoms with Crippen molar-refractivity contribution < 1.29 is 35.8 Å². The van der Waals surface area contributed by atoms with Crippen LogP contribution in [0.3, 0.4) is 0 Å². The normalized spacial score (nSPS) is 11.6. The largest absolute Gasteiger partial charge is 1.00 e. The van der Waals surface area contributed by atoms with Gasteiger partial charge in [0.1, 0.15) is 30.8 Å². The van der Waals surface area contributed by atoms with E-state index in [4.69, 9.17) is 55.9 Å². The minimum atomic E-state index is -0.403. The van der Waals surface area contributed by atoms with E-state index in [1.807, 2.05) is 65.8 Å². The fraction of sp³-hybridized carbons (Fsp3) is 0.185. The van der Waals surface area contributed by atoms with Crippen molar-refractivity contribution in [3.8, 4) is 5.75 Å². The van der Waals surface area contributed by atoms with E-state index in [-0.39, 0.29) is 42.5 Å². The quantitative estimate of drug-likeness (QED) is 0.232. The van der Waals surface area contributed by atoms with E-state index in [1.165, 1.54) is 0 Å². The topological polar surface area (TPSA) is 44.3 Å². The molecule has 37 heavy (non-hydrogen) atoms. The summed E-state index contributed by atoms with van der Waals surface area (Å²) in [7, 11) is 0. The number of rotatable bonds is 11. The smallest absolute Gasteiger partial charge is 0.244 e. The fourth-order valence-electron chi connectivity index (χ4n) is 3.59. The molecule has 4 aromatic rings. The number of nitrogens with zero attached hydrogens (tertiary/aromatic N) is 2. The SMILES string of the molecule is O=C(COc1ccccc1)Cn1cc[n+](CC(OCc2ccc(Cl)cc2Cl)c2ccc(Cl)cc2Cl)c1.[Br-]. The van der Waals surface area contributed by atoms with Crippen molar-refractivity contribution in [2.24, 2.45) is 0 Å². The molecule has 0 bridgehead atoms. The van der Waals surface area contributed by atoms with Gasteiger partial charge in [-0.2, -0.15) is 0 Å². The number of halogens is 5. The molecule has 0 saturated heterocycles. The monoisotopic (exact) mass is 642 g/mol. The number of carbonyl (C=O) groups excluding carboxylic acids is 1. The van der Waals surface area contributed by atoms with Crippen LogP contribution in [0.5, 0.6) is 5.75 Å². The highest BCUT2D eigenvalue weighted by Gasteiger charge is 2.21. The zero-order chi connectivity index (χ0) is 25.5. The summed E-state index contributed by atoms with van der Waals surface area (Å²) in [6, 6.07) is 19.8. The maximum absolute atomic E-state index is 12.4. The van der Waals surface area contributed by atoms with Gasteiger partial charge in [0.25, 0.3) is 0 Å². The lowest BCUT2D eigenvalue weighted by Crippen LogP contribution is -3.00. The first kappa shape index (κ1) is 29.5. The Morgan fingerprint density at radius 1 is 0.919 bits per heavy atom. The predicted molar refractivity (Wildman–Crippen MR) is 142 cm³/mol. The van der Waals surface area contributed by atoms with E-state index in [2.05, 4.69) is 0 Å². The van der Waals surface area contributed by atoms with Crippen LogP contribution < -0.4 is 26.3 Å². The van der Waals surface area contributed by atoms with Crippen LogP contribution in [0.25, 0.3) is 0 Å². The van der Waals surface area contributed by atoms with Crippen LogP contribution in [0.1, 0.15) is 17.2 Å². The summed E-state index contributed by atoms with van der Waals surface area (Å²) in [5.74, 6) is 0.613. The summed E-state index contributed by atoms with van der Waals surface area (Å²) in [4.78, 5) is 12.4. The zero-order valence-corrected chi connectivity index (χ0v) is 24.1. The molecule has 0 aliphatic carbocycles. The van der Waals surface area contributed by atoms with Gasteiger partial charge in [0.15, 0.2) is 13.2 Å². The van der Waals surface area contributed by atoms with Gasteiger partial charge < -0.3 is 26.5 Å². The molecule has 0 fully saturated rings. The van der Waals surface area contributed by atoms with Gasteiger partial charge in [0.05, 0.1) is 6.61 Å². The third-order valence-corrected chi connectivity index (χ3v) is 6.54. The number of imidazole rings is 1. The standard InChI is InChI=1S/C27H23Cl4N2O3.BrH/c28-20-7-6-19(25(30)12-20)16-36-27(24-9-8-21(29)13-26(24)31)15-33-11-10-32(18-33)14-22(34)17-35-23-4-2-1-3-5-23;/h1-13,18,27H,14-17H2;1H/q+1;/p-1. The molecule has 0 radical (unpaired) electrons. The molecule has 194 valence electrons. The lowest BCUT2D eigenvalue weighted by Gasteiger charge is -2.19. The number of para-hydroxylation sites is 1. The highest BCUT2D eigenvalue weighted by atomic mass is 79.9. The summed E-state index contributed by atoms with van der Waals surface area (Å²) < 4.78 is 15.5. The molecular weight excluding hydrogens is 622 g/mol. The fourth-order valence-corrected chi connectivity index (χ4v) is 4.59. The number of ether oxygens (including phenoxy) is 2. The van der Waals surface area contributed by atoms with Gasteiger partial charge in [0.2, 0.25) is 12.1 Å². The average molecular weight is 645 g/mol. The van der Waals surface area contributed by atoms with Gasteiger partial charge in [-0.25, -0.2) is 9.13 Å². The number of aromatic nitrogens is 2. The summed E-state index contributed by atoms with van der Waals surface area (Å²) in [5.41, 5.74) is 1.60. The lowest BCUT2D eigenvalue weighted by atomic mass is 10.1. The van der Waals surface area contributed by atoms with Gasteiger partial charge in [0, 0.05) is 25.7 Å². The minimum absolute atomic E-state index is 0. The first-order valence-corrected chi connectivity index (χ1v) is 12.6. The Balaban J connectivity index is 0.00000380. The van der Waals surface area contributed by atoms with Crippen LogP contribution in [0.2, 0.25) is 20.1 Å². The first-order chi connectivity index (χ1) is 17.4. The van der Waals surface area contributed by atoms with E-state index in [0.717, 1.165) is 11.1 Å². The molecular formula is C27H23BrCl4N2O3. The van der Waals surface area contributed by atoms with E-state index >= 15 is 0 Å². The van der Waals surface area contributed by atoms with Crippen molar-refractivity contribution in [3.05, 3.63) is 117 Å². The molecule has 3 aromatic carbocycles. The molecule has 5 nitrogen and oxygen atoms in total. The first-order valence-electron chi connectivity index (χ1n) is 11.1. The number of ketones is 1. The minimum Gasteiger partial charge on any atom is -1.00 e. The second-order valence-corrected chi connectivity index (χ2v) is 9.81. The number of Topliss-reactive ketones (excluding diaryl/α,β-unsaturated/α-hetero) is 1. The molecule has 1 atom stereocenters. The Morgan fingerprint density at radius 2 is 1.62 bits per heavy atom. The molecule has 0 N–H and O–H groups in total. The molecule has 10 heteroatoms. The van der Waals surface area contributed by atoms with E-state index in [9.17, 15) is 4.79 Å². The van der Waals surface area contributed by atoms with Gasteiger partial charge in [-0.15, -0.1) is 0 Å². The van der Waals surface area contributed by atoms with Crippen molar-refractivity contribution in [2.45, 2.75) is 25.8 Å². The number of carbonyl (C=O) groups is 1. The Bertz CT molecular complexity index is 1330. The maximum atomic E-state index is 12.4. The highest BCUT2D eigenvalue weighted by Crippen LogP contribution is 2.30. The van der Waals surface area contributed by atoms with Crippen molar-refractivity contribution in [1.82, 2.24) is 4.57 Å². The predicted octanol–water partition coefficient (Wildman–Crippen LogP) is 4.00. The third kappa shape index (κ3) is 8.74. The van der Waals surface area contributed by atoms with Crippen molar-refractivity contribution in [3.63, 3.8) is 0 Å². The van der Waals surface area contributed by atoms with Crippen LogP contribution in [0, 0.1) is 0 Å². The molecule has 0 aliphatic heterocycles. The molecule has 4 rings (SSSR count). The molecule has 1 heterocycles. The average Bonchev–Trinajstić information content (AvgIpc) is 3.29. The van der Waals surface area contributed by atoms with Gasteiger partial charge >= 0.3 is 0 Å². The van der Waals surface area contributed by atoms with Gasteiger partial charge in [-0.3, -0.25) is 4.79 Å². The number of benzene rings is 3. The summed E-state index contributed by atoms with van der Waals surface area (Å²) >= 11 is 24.9. The number of hydrogen-bond donors (Lipinski definition) is 0. The van der Waals surface area contributed by atoms with Crippen molar-refractivity contribution >= 4 is 52.2 Å². The second kappa shape index (κ2) is 14.2. The summed E-state index contributed by atoms with van der Waals surface area (Å²) in [5, 5.41) is 2.13.